The summed E-state index contributed by atoms with van der Waals surface area (Å²) in [5.41, 5.74) is 2.86. The number of hydrogen-bond acceptors (Lipinski definition) is 0. The van der Waals surface area contributed by atoms with Crippen molar-refractivity contribution in [3.63, 3.8) is 0 Å². The van der Waals surface area contributed by atoms with Crippen LogP contribution in [0.5, 0.6) is 0 Å². The van der Waals surface area contributed by atoms with Crippen molar-refractivity contribution >= 4 is 39.1 Å². The zero-order chi connectivity index (χ0) is 20.3. The molecule has 6 heteroatoms. The molecule has 2 aliphatic carbocycles. The summed E-state index contributed by atoms with van der Waals surface area (Å²) in [4.78, 5) is 0. The van der Waals surface area contributed by atoms with Gasteiger partial charge in [-0.1, -0.05) is 0 Å². The standard InChI is InChI=1S/2C9H15Si.C2H7Si.2ClH.Zr/c2*1-8-5-6-9(7-8)10(2,3)4;1-3-2;;;/h2*5-7H,1-4H3;3H,1-2H3;2*1H;/q;;;;;+2/p-2. The summed E-state index contributed by atoms with van der Waals surface area (Å²) in [7, 11) is 13.0. The minimum atomic E-state index is -4.11. The number of hydrogen-bond donors (Lipinski definition) is 0. The van der Waals surface area contributed by atoms with Crippen LogP contribution in [0.3, 0.4) is 0 Å². The first kappa shape index (κ1) is 23.4. The molecular formula is C20H37Cl2Si3Zr. The molecule has 0 spiro atoms. The first-order chi connectivity index (χ1) is 11.5. The molecule has 0 saturated heterocycles. The van der Waals surface area contributed by atoms with Crippen LogP contribution in [-0.2, 0) is 15.6 Å². The van der Waals surface area contributed by atoms with E-state index in [1.54, 1.807) is 10.4 Å². The van der Waals surface area contributed by atoms with Crippen molar-refractivity contribution in [2.24, 2.45) is 0 Å². The van der Waals surface area contributed by atoms with Crippen LogP contribution < -0.4 is 0 Å². The van der Waals surface area contributed by atoms with Gasteiger partial charge in [-0.3, -0.25) is 0 Å². The van der Waals surface area contributed by atoms with E-state index in [4.69, 9.17) is 17.0 Å². The van der Waals surface area contributed by atoms with Crippen molar-refractivity contribution in [1.82, 2.24) is 0 Å². The molecule has 0 radical (unpaired) electrons. The molecule has 0 amide bonds. The van der Waals surface area contributed by atoms with Crippen LogP contribution in [0.2, 0.25) is 59.6 Å². The van der Waals surface area contributed by atoms with Gasteiger partial charge in [0.1, 0.15) is 0 Å². The monoisotopic (exact) mass is 521 g/mol. The molecule has 0 aromatic rings. The van der Waals surface area contributed by atoms with Crippen molar-refractivity contribution in [3.8, 4) is 0 Å². The Labute approximate surface area is 172 Å². The molecule has 2 rings (SSSR count). The molecule has 0 aromatic carbocycles. The summed E-state index contributed by atoms with van der Waals surface area (Å²) in [6, 6.07) is 0. The topological polar surface area (TPSA) is 0 Å². The van der Waals surface area contributed by atoms with Crippen LogP contribution in [-0.4, -0.2) is 22.1 Å². The van der Waals surface area contributed by atoms with E-state index in [0.717, 1.165) is 0 Å². The average molecular weight is 524 g/mol. The molecule has 0 saturated carbocycles. The van der Waals surface area contributed by atoms with Gasteiger partial charge in [0, 0.05) is 0 Å². The third-order valence-electron chi connectivity index (χ3n) is 6.46. The van der Waals surface area contributed by atoms with Gasteiger partial charge in [0.15, 0.2) is 0 Å². The molecule has 147 valence electrons. The summed E-state index contributed by atoms with van der Waals surface area (Å²) < 4.78 is 0.637. The molecule has 26 heavy (non-hydrogen) atoms. The van der Waals surface area contributed by atoms with Gasteiger partial charge < -0.3 is 0 Å². The Morgan fingerprint density at radius 1 is 0.769 bits per heavy atom. The maximum absolute atomic E-state index is 7.86. The second kappa shape index (κ2) is 7.09. The van der Waals surface area contributed by atoms with E-state index in [-0.39, 0.29) is 0 Å². The number of rotatable bonds is 5. The first-order valence-electron chi connectivity index (χ1n) is 9.87. The average Bonchev–Trinajstić information content (AvgIpc) is 3.02. The van der Waals surface area contributed by atoms with E-state index in [1.165, 1.54) is 11.1 Å². The van der Waals surface area contributed by atoms with Crippen molar-refractivity contribution in [2.45, 2.75) is 73.5 Å². The molecule has 0 N–H and O–H groups in total. The molecule has 0 heterocycles. The van der Waals surface area contributed by atoms with Crippen LogP contribution >= 0.6 is 17.0 Å². The molecule has 0 aromatic heterocycles. The van der Waals surface area contributed by atoms with E-state index >= 15 is 0 Å². The zero-order valence-corrected chi connectivity index (χ0v) is 25.4. The van der Waals surface area contributed by atoms with Crippen LogP contribution in [0.15, 0.2) is 45.8 Å². The molecule has 2 unspecified atom stereocenters. The van der Waals surface area contributed by atoms with Gasteiger partial charge in [-0.25, -0.2) is 0 Å². The van der Waals surface area contributed by atoms with Crippen LogP contribution in [0.25, 0.3) is 0 Å². The van der Waals surface area contributed by atoms with E-state index in [0.29, 0.717) is 7.25 Å². The van der Waals surface area contributed by atoms with Crippen LogP contribution in [0.1, 0.15) is 13.8 Å². The Balaban J connectivity index is 2.65. The molecule has 0 aliphatic heterocycles. The third-order valence-corrected chi connectivity index (χ3v) is 63.2. The van der Waals surface area contributed by atoms with Gasteiger partial charge in [0.05, 0.1) is 0 Å². The summed E-state index contributed by atoms with van der Waals surface area (Å²) in [5, 5.41) is 3.09. The molecule has 0 bridgehead atoms. The number of allylic oxidation sites excluding steroid dienone is 8. The summed E-state index contributed by atoms with van der Waals surface area (Å²) >= 11 is -4.11. The fraction of sp³-hybridized carbons (Fsp3) is 0.600. The normalized spacial score (nSPS) is 26.3. The summed E-state index contributed by atoms with van der Waals surface area (Å²) in [6.45, 7) is 23.9. The third kappa shape index (κ3) is 3.90. The fourth-order valence-electron chi connectivity index (χ4n) is 4.42. The van der Waals surface area contributed by atoms with Crippen LogP contribution in [0.4, 0.5) is 0 Å². The van der Waals surface area contributed by atoms with Gasteiger partial charge in [0.2, 0.25) is 0 Å². The van der Waals surface area contributed by atoms with Crippen molar-refractivity contribution in [1.29, 1.82) is 0 Å². The van der Waals surface area contributed by atoms with Crippen molar-refractivity contribution in [3.05, 3.63) is 45.8 Å². The zero-order valence-electron chi connectivity index (χ0n) is 18.3. The molecule has 0 nitrogen and oxygen atoms in total. The van der Waals surface area contributed by atoms with Crippen molar-refractivity contribution < 1.29 is 15.6 Å². The number of halogens is 2. The van der Waals surface area contributed by atoms with Gasteiger partial charge in [-0.15, -0.1) is 0 Å². The Morgan fingerprint density at radius 3 is 1.27 bits per heavy atom. The second-order valence-electron chi connectivity index (χ2n) is 10.9. The Hall–Kier alpha value is 1.07. The quantitative estimate of drug-likeness (QED) is 0.320. The Bertz CT molecular complexity index is 675. The van der Waals surface area contributed by atoms with E-state index in [1.807, 2.05) is 0 Å². The first-order valence-corrected chi connectivity index (χ1v) is 33.2. The predicted molar refractivity (Wildman–Crippen MR) is 128 cm³/mol. The molecular weight excluding hydrogens is 487 g/mol. The Kier molecular flexibility index (Phi) is 6.37. The maximum atomic E-state index is 7.86. The SMILES string of the molecule is CC1=CC([Si](C)(C)C)=C[CH]1[Zr]([Cl])([Cl])([CH]1C=C([Si](C)(C)C)C=C1C)[SiH](C)C. The van der Waals surface area contributed by atoms with E-state index < -0.39 is 37.6 Å². The minimum absolute atomic E-state index is 0.318. The van der Waals surface area contributed by atoms with E-state index in [9.17, 15) is 0 Å². The van der Waals surface area contributed by atoms with Crippen LogP contribution in [0, 0.1) is 0 Å². The predicted octanol–water partition coefficient (Wildman–Crippen LogP) is 8.07. The summed E-state index contributed by atoms with van der Waals surface area (Å²) in [5.74, 6) is -1.26. The van der Waals surface area contributed by atoms with Gasteiger partial charge in [-0.05, 0) is 0 Å². The van der Waals surface area contributed by atoms with Gasteiger partial charge in [0.25, 0.3) is 0 Å². The Morgan fingerprint density at radius 2 is 1.08 bits per heavy atom. The molecule has 2 atom stereocenters. The fourth-order valence-corrected chi connectivity index (χ4v) is 37.8. The van der Waals surface area contributed by atoms with Gasteiger partial charge >= 0.3 is 174 Å². The van der Waals surface area contributed by atoms with Crippen molar-refractivity contribution in [2.75, 3.05) is 0 Å². The second-order valence-corrected chi connectivity index (χ2v) is 63.7. The van der Waals surface area contributed by atoms with E-state index in [2.05, 4.69) is 90.5 Å². The molecule has 2 aliphatic rings. The molecule has 0 fully saturated rings. The van der Waals surface area contributed by atoms with Gasteiger partial charge in [-0.2, -0.15) is 0 Å². The summed E-state index contributed by atoms with van der Waals surface area (Å²) in [6.07, 6.45) is 9.91.